The fraction of sp³-hybridized carbons (Fsp3) is 0.273. The highest BCUT2D eigenvalue weighted by molar-refractivity contribution is 5.81. The lowest BCUT2D eigenvalue weighted by Gasteiger charge is -1.94. The van der Waals surface area contributed by atoms with E-state index in [2.05, 4.69) is 35.8 Å². The standard InChI is InChI=1S/C5H8O3.C4H6O2.C2H4/c1-2-5(7)8-4-3-6;1-3-6-4(2)5;1-2/h2,6H,1,3-4H2;3H,1H2,2H3;1-2H2. The summed E-state index contributed by atoms with van der Waals surface area (Å²) in [6, 6.07) is 0. The van der Waals surface area contributed by atoms with Crippen molar-refractivity contribution in [3.63, 3.8) is 0 Å². The van der Waals surface area contributed by atoms with Crippen LogP contribution >= 0.6 is 0 Å². The van der Waals surface area contributed by atoms with Crippen molar-refractivity contribution in [1.82, 2.24) is 0 Å². The van der Waals surface area contributed by atoms with Crippen LogP contribution < -0.4 is 0 Å². The van der Waals surface area contributed by atoms with E-state index < -0.39 is 5.97 Å². The molecule has 0 fully saturated rings. The number of carbonyl (C=O) groups is 2. The number of hydrogen-bond acceptors (Lipinski definition) is 5. The van der Waals surface area contributed by atoms with Gasteiger partial charge in [0.25, 0.3) is 0 Å². The predicted molar refractivity (Wildman–Crippen MR) is 61.5 cm³/mol. The molecule has 0 bridgehead atoms. The molecule has 1 N–H and O–H groups in total. The zero-order valence-corrected chi connectivity index (χ0v) is 9.48. The van der Waals surface area contributed by atoms with Gasteiger partial charge in [-0.1, -0.05) is 13.2 Å². The van der Waals surface area contributed by atoms with E-state index in [-0.39, 0.29) is 19.2 Å². The van der Waals surface area contributed by atoms with E-state index in [1.807, 2.05) is 0 Å². The van der Waals surface area contributed by atoms with Gasteiger partial charge in [0, 0.05) is 13.0 Å². The number of ether oxygens (including phenoxy) is 2. The Labute approximate surface area is 95.7 Å². The SMILES string of the molecule is C=C.C=CC(=O)OCCO.C=COC(C)=O. The lowest BCUT2D eigenvalue weighted by Crippen LogP contribution is -2.04. The smallest absolute Gasteiger partial charge is 0.330 e. The van der Waals surface area contributed by atoms with Crippen molar-refractivity contribution in [2.24, 2.45) is 0 Å². The molecule has 0 saturated carbocycles. The molecule has 5 nitrogen and oxygen atoms in total. The van der Waals surface area contributed by atoms with Gasteiger partial charge in [-0.15, -0.1) is 13.2 Å². The van der Waals surface area contributed by atoms with Crippen LogP contribution in [0.2, 0.25) is 0 Å². The Kier molecular flexibility index (Phi) is 23.1. The topological polar surface area (TPSA) is 72.8 Å². The maximum Gasteiger partial charge on any atom is 0.330 e. The molecule has 0 aliphatic rings. The van der Waals surface area contributed by atoms with Gasteiger partial charge in [-0.05, 0) is 0 Å². The summed E-state index contributed by atoms with van der Waals surface area (Å²) < 4.78 is 8.50. The quantitative estimate of drug-likeness (QED) is 0.340. The summed E-state index contributed by atoms with van der Waals surface area (Å²) in [5.41, 5.74) is 0. The molecule has 0 aliphatic heterocycles. The monoisotopic (exact) mass is 230 g/mol. The zero-order chi connectivity index (χ0) is 13.4. The van der Waals surface area contributed by atoms with Crippen LogP contribution in [0, 0.1) is 0 Å². The lowest BCUT2D eigenvalue weighted by atomic mass is 10.6. The number of hydrogen-bond donors (Lipinski definition) is 1. The molecule has 0 atom stereocenters. The number of esters is 2. The Morgan fingerprint density at radius 1 is 1.31 bits per heavy atom. The molecule has 0 aromatic rings. The molecule has 0 spiro atoms. The molecule has 0 radical (unpaired) electrons. The predicted octanol–water partition coefficient (Wildman–Crippen LogP) is 1.20. The Bertz CT molecular complexity index is 210. The second-order valence-electron chi connectivity index (χ2n) is 1.87. The molecule has 0 rings (SSSR count). The molecular formula is C11H18O5. The molecule has 16 heavy (non-hydrogen) atoms. The Balaban J connectivity index is -0.000000188. The summed E-state index contributed by atoms with van der Waals surface area (Å²) >= 11 is 0. The Morgan fingerprint density at radius 3 is 2.00 bits per heavy atom. The van der Waals surface area contributed by atoms with Crippen molar-refractivity contribution in [2.75, 3.05) is 13.2 Å². The van der Waals surface area contributed by atoms with Gasteiger partial charge >= 0.3 is 11.9 Å². The first-order valence-electron chi connectivity index (χ1n) is 4.26. The molecule has 92 valence electrons. The maximum absolute atomic E-state index is 10.1. The van der Waals surface area contributed by atoms with Gasteiger partial charge in [0.2, 0.25) is 0 Å². The first-order valence-corrected chi connectivity index (χ1v) is 4.26. The van der Waals surface area contributed by atoms with Crippen molar-refractivity contribution in [3.8, 4) is 0 Å². The average Bonchev–Trinajstić information content (AvgIpc) is 2.29. The minimum Gasteiger partial charge on any atom is -0.460 e. The van der Waals surface area contributed by atoms with E-state index in [0.717, 1.165) is 12.3 Å². The molecule has 0 aliphatic carbocycles. The third kappa shape index (κ3) is 29.6. The number of aliphatic hydroxyl groups is 1. The van der Waals surface area contributed by atoms with Crippen molar-refractivity contribution in [2.45, 2.75) is 6.92 Å². The first kappa shape index (κ1) is 19.7. The van der Waals surface area contributed by atoms with Crippen LogP contribution in [0.25, 0.3) is 0 Å². The van der Waals surface area contributed by atoms with Crippen LogP contribution in [0.4, 0.5) is 0 Å². The molecule has 0 heterocycles. The van der Waals surface area contributed by atoms with Gasteiger partial charge in [-0.2, -0.15) is 0 Å². The molecule has 5 heteroatoms. The van der Waals surface area contributed by atoms with E-state index >= 15 is 0 Å². The minimum atomic E-state index is -0.501. The second-order valence-corrected chi connectivity index (χ2v) is 1.87. The first-order chi connectivity index (χ1) is 7.58. The third-order valence-electron chi connectivity index (χ3n) is 0.752. The number of aliphatic hydroxyl groups excluding tert-OH is 1. The second kappa shape index (κ2) is 18.8. The fourth-order valence-corrected chi connectivity index (χ4v) is 0.323. The van der Waals surface area contributed by atoms with Crippen molar-refractivity contribution in [3.05, 3.63) is 38.7 Å². The summed E-state index contributed by atoms with van der Waals surface area (Å²) in [7, 11) is 0. The summed E-state index contributed by atoms with van der Waals surface area (Å²) in [5, 5.41) is 8.10. The summed E-state index contributed by atoms with van der Waals surface area (Å²) in [4.78, 5) is 19.9. The molecular weight excluding hydrogens is 212 g/mol. The van der Waals surface area contributed by atoms with Crippen LogP contribution in [0.1, 0.15) is 6.92 Å². The highest BCUT2D eigenvalue weighted by Crippen LogP contribution is 1.75. The number of carbonyl (C=O) groups excluding carboxylic acids is 2. The molecule has 0 saturated heterocycles. The van der Waals surface area contributed by atoms with Gasteiger partial charge in [-0.25, -0.2) is 4.79 Å². The normalized spacial score (nSPS) is 6.88. The zero-order valence-electron chi connectivity index (χ0n) is 9.48. The van der Waals surface area contributed by atoms with Crippen LogP contribution in [0.5, 0.6) is 0 Å². The highest BCUT2D eigenvalue weighted by atomic mass is 16.5. The van der Waals surface area contributed by atoms with Gasteiger partial charge in [-0.3, -0.25) is 4.79 Å². The Morgan fingerprint density at radius 2 is 1.81 bits per heavy atom. The highest BCUT2D eigenvalue weighted by Gasteiger charge is 1.90. The molecule has 0 aromatic carbocycles. The largest absolute Gasteiger partial charge is 0.460 e. The van der Waals surface area contributed by atoms with Crippen molar-refractivity contribution >= 4 is 11.9 Å². The van der Waals surface area contributed by atoms with Gasteiger partial charge in [0.15, 0.2) is 0 Å². The number of rotatable bonds is 4. The van der Waals surface area contributed by atoms with Gasteiger partial charge in [0.1, 0.15) is 6.61 Å². The van der Waals surface area contributed by atoms with Gasteiger partial charge < -0.3 is 14.6 Å². The van der Waals surface area contributed by atoms with E-state index in [1.54, 1.807) is 0 Å². The van der Waals surface area contributed by atoms with Gasteiger partial charge in [0.05, 0.1) is 12.9 Å². The van der Waals surface area contributed by atoms with Crippen LogP contribution in [0.15, 0.2) is 38.7 Å². The summed E-state index contributed by atoms with van der Waals surface area (Å²) in [5.74, 6) is -0.830. The summed E-state index contributed by atoms with van der Waals surface area (Å²) in [6.45, 7) is 13.5. The maximum atomic E-state index is 10.1. The molecule has 0 unspecified atom stereocenters. The van der Waals surface area contributed by atoms with Crippen molar-refractivity contribution in [1.29, 1.82) is 0 Å². The fourth-order valence-electron chi connectivity index (χ4n) is 0.323. The minimum absolute atomic E-state index is 0.0465. The third-order valence-corrected chi connectivity index (χ3v) is 0.752. The lowest BCUT2D eigenvalue weighted by molar-refractivity contribution is -0.138. The van der Waals surface area contributed by atoms with E-state index in [1.165, 1.54) is 6.92 Å². The van der Waals surface area contributed by atoms with E-state index in [4.69, 9.17) is 5.11 Å². The van der Waals surface area contributed by atoms with Crippen LogP contribution in [0.3, 0.4) is 0 Å². The average molecular weight is 230 g/mol. The molecule has 0 amide bonds. The molecule has 0 aromatic heterocycles. The summed E-state index contributed by atoms with van der Waals surface area (Å²) in [6.07, 6.45) is 2.15. The van der Waals surface area contributed by atoms with Crippen LogP contribution in [-0.4, -0.2) is 30.3 Å². The Hall–Kier alpha value is -1.88. The van der Waals surface area contributed by atoms with E-state index in [0.29, 0.717) is 0 Å². The van der Waals surface area contributed by atoms with Crippen molar-refractivity contribution < 1.29 is 24.2 Å². The van der Waals surface area contributed by atoms with E-state index in [9.17, 15) is 9.59 Å². The van der Waals surface area contributed by atoms with Crippen LogP contribution in [-0.2, 0) is 19.1 Å².